The van der Waals surface area contributed by atoms with Crippen LogP contribution in [0.4, 0.5) is 0 Å². The number of fused-ring (bicyclic) bond motifs is 1. The van der Waals surface area contributed by atoms with Crippen LogP contribution in [0.3, 0.4) is 0 Å². The fourth-order valence-electron chi connectivity index (χ4n) is 2.50. The molecule has 0 aromatic carbocycles. The van der Waals surface area contributed by atoms with Crippen molar-refractivity contribution >= 4 is 15.9 Å². The predicted octanol–water partition coefficient (Wildman–Crippen LogP) is 1.54. The molecule has 70 valence electrons. The number of alkyl halides is 1. The van der Waals surface area contributed by atoms with Crippen LogP contribution in [-0.2, 0) is 4.74 Å². The maximum Gasteiger partial charge on any atom is 0.0668 e. The molecule has 2 nitrogen and oxygen atoms in total. The van der Waals surface area contributed by atoms with E-state index in [2.05, 4.69) is 28.2 Å². The number of nitrogens with one attached hydrogen (secondary N) is 1. The number of hydrogen-bond donors (Lipinski definition) is 1. The Morgan fingerprint density at radius 3 is 3.17 bits per heavy atom. The topological polar surface area (TPSA) is 21.3 Å². The molecule has 2 fully saturated rings. The molecule has 2 saturated heterocycles. The molecule has 0 aliphatic carbocycles. The molecule has 0 aromatic rings. The van der Waals surface area contributed by atoms with Crippen LogP contribution in [0.2, 0.25) is 0 Å². The van der Waals surface area contributed by atoms with Gasteiger partial charge in [-0.25, -0.2) is 0 Å². The summed E-state index contributed by atoms with van der Waals surface area (Å²) in [6.45, 7) is 4.42. The van der Waals surface area contributed by atoms with E-state index in [0.717, 1.165) is 18.4 Å². The first kappa shape index (κ1) is 8.97. The van der Waals surface area contributed by atoms with Gasteiger partial charge in [0.2, 0.25) is 0 Å². The summed E-state index contributed by atoms with van der Waals surface area (Å²) in [6, 6.07) is 0. The Balaban J connectivity index is 2.14. The number of rotatable bonds is 1. The van der Waals surface area contributed by atoms with Gasteiger partial charge in [0.15, 0.2) is 0 Å². The molecule has 0 aromatic heterocycles. The summed E-state index contributed by atoms with van der Waals surface area (Å²) < 4.78 is 5.89. The molecule has 3 heteroatoms. The molecule has 3 atom stereocenters. The minimum atomic E-state index is 0.387. The van der Waals surface area contributed by atoms with Gasteiger partial charge < -0.3 is 10.1 Å². The minimum Gasteiger partial charge on any atom is -0.375 e. The lowest BCUT2D eigenvalue weighted by atomic mass is 9.78. The van der Waals surface area contributed by atoms with Crippen molar-refractivity contribution in [2.75, 3.05) is 18.4 Å². The summed E-state index contributed by atoms with van der Waals surface area (Å²) in [5.41, 5.74) is 0.387. The summed E-state index contributed by atoms with van der Waals surface area (Å²) in [4.78, 5) is 0. The highest BCUT2D eigenvalue weighted by molar-refractivity contribution is 9.09. The zero-order valence-corrected chi connectivity index (χ0v) is 9.06. The summed E-state index contributed by atoms with van der Waals surface area (Å²) >= 11 is 3.62. The summed E-state index contributed by atoms with van der Waals surface area (Å²) in [5.74, 6) is 0. The van der Waals surface area contributed by atoms with Crippen LogP contribution < -0.4 is 5.32 Å². The Morgan fingerprint density at radius 1 is 1.67 bits per heavy atom. The van der Waals surface area contributed by atoms with Crippen LogP contribution in [0.5, 0.6) is 0 Å². The van der Waals surface area contributed by atoms with Gasteiger partial charge in [0.1, 0.15) is 0 Å². The number of ether oxygens (including phenoxy) is 1. The third-order valence-electron chi connectivity index (χ3n) is 3.10. The molecule has 2 aliphatic rings. The Hall–Kier alpha value is 0.400. The van der Waals surface area contributed by atoms with Gasteiger partial charge >= 0.3 is 0 Å². The molecule has 0 amide bonds. The van der Waals surface area contributed by atoms with E-state index in [1.165, 1.54) is 12.8 Å². The maximum atomic E-state index is 5.89. The van der Waals surface area contributed by atoms with E-state index in [1.54, 1.807) is 0 Å². The first-order valence-corrected chi connectivity index (χ1v) is 5.81. The van der Waals surface area contributed by atoms with Crippen LogP contribution >= 0.6 is 15.9 Å². The van der Waals surface area contributed by atoms with E-state index in [-0.39, 0.29) is 0 Å². The Bertz CT molecular complexity index is 176. The van der Waals surface area contributed by atoms with Crippen molar-refractivity contribution in [2.45, 2.75) is 32.0 Å². The van der Waals surface area contributed by atoms with Crippen LogP contribution in [-0.4, -0.2) is 30.6 Å². The van der Waals surface area contributed by atoms with Crippen LogP contribution in [0.25, 0.3) is 0 Å². The van der Waals surface area contributed by atoms with Gasteiger partial charge in [-0.05, 0) is 26.3 Å². The monoisotopic (exact) mass is 233 g/mol. The van der Waals surface area contributed by atoms with Crippen molar-refractivity contribution in [3.63, 3.8) is 0 Å². The minimum absolute atomic E-state index is 0.387. The predicted molar refractivity (Wildman–Crippen MR) is 52.7 cm³/mol. The lowest BCUT2D eigenvalue weighted by Gasteiger charge is -2.36. The lowest BCUT2D eigenvalue weighted by molar-refractivity contribution is 0.00811. The average molecular weight is 234 g/mol. The van der Waals surface area contributed by atoms with Gasteiger partial charge in [-0.3, -0.25) is 0 Å². The van der Waals surface area contributed by atoms with Gasteiger partial charge in [-0.1, -0.05) is 15.9 Å². The second-order valence-electron chi connectivity index (χ2n) is 4.10. The molecule has 1 N–H and O–H groups in total. The van der Waals surface area contributed by atoms with Gasteiger partial charge in [0, 0.05) is 17.3 Å². The largest absolute Gasteiger partial charge is 0.375 e. The van der Waals surface area contributed by atoms with Gasteiger partial charge in [-0.15, -0.1) is 0 Å². The van der Waals surface area contributed by atoms with Crippen LogP contribution in [0, 0.1) is 5.41 Å². The second-order valence-corrected chi connectivity index (χ2v) is 4.66. The van der Waals surface area contributed by atoms with Crippen molar-refractivity contribution in [1.82, 2.24) is 5.32 Å². The summed E-state index contributed by atoms with van der Waals surface area (Å²) in [7, 11) is 0. The van der Waals surface area contributed by atoms with E-state index in [0.29, 0.717) is 17.6 Å². The number of piperidine rings is 1. The highest BCUT2D eigenvalue weighted by Gasteiger charge is 2.47. The van der Waals surface area contributed by atoms with Crippen molar-refractivity contribution in [3.05, 3.63) is 0 Å². The number of halogens is 1. The molecule has 0 radical (unpaired) electrons. The van der Waals surface area contributed by atoms with Crippen molar-refractivity contribution in [1.29, 1.82) is 0 Å². The maximum absolute atomic E-state index is 5.89. The van der Waals surface area contributed by atoms with E-state index in [1.807, 2.05) is 0 Å². The summed E-state index contributed by atoms with van der Waals surface area (Å²) in [6.07, 6.45) is 3.33. The summed E-state index contributed by atoms with van der Waals surface area (Å²) in [5, 5.41) is 4.53. The van der Waals surface area contributed by atoms with E-state index in [4.69, 9.17) is 4.74 Å². The smallest absolute Gasteiger partial charge is 0.0668 e. The van der Waals surface area contributed by atoms with Gasteiger partial charge in [0.05, 0.1) is 12.2 Å². The fraction of sp³-hybridized carbons (Fsp3) is 1.00. The third-order valence-corrected chi connectivity index (χ3v) is 4.22. The molecule has 0 spiro atoms. The molecule has 2 heterocycles. The van der Waals surface area contributed by atoms with E-state index >= 15 is 0 Å². The van der Waals surface area contributed by atoms with E-state index in [9.17, 15) is 0 Å². The molecular formula is C9H16BrNO. The molecule has 2 rings (SSSR count). The highest BCUT2D eigenvalue weighted by atomic mass is 79.9. The molecule has 12 heavy (non-hydrogen) atoms. The second kappa shape index (κ2) is 3.28. The Labute approximate surface area is 82.2 Å². The SMILES string of the molecule is C[C@@H]1C[C@@]2(CBr)CNCC[C@H]2O1. The fourth-order valence-corrected chi connectivity index (χ4v) is 3.28. The molecule has 0 bridgehead atoms. The van der Waals surface area contributed by atoms with Crippen molar-refractivity contribution in [2.24, 2.45) is 5.41 Å². The Morgan fingerprint density at radius 2 is 2.50 bits per heavy atom. The lowest BCUT2D eigenvalue weighted by Crippen LogP contribution is -2.48. The van der Waals surface area contributed by atoms with Crippen molar-refractivity contribution in [3.8, 4) is 0 Å². The van der Waals surface area contributed by atoms with Gasteiger partial charge in [0.25, 0.3) is 0 Å². The van der Waals surface area contributed by atoms with Gasteiger partial charge in [-0.2, -0.15) is 0 Å². The van der Waals surface area contributed by atoms with E-state index < -0.39 is 0 Å². The normalized spacial score (nSPS) is 47.5. The molecular weight excluding hydrogens is 218 g/mol. The van der Waals surface area contributed by atoms with Crippen LogP contribution in [0.15, 0.2) is 0 Å². The third kappa shape index (κ3) is 1.32. The first-order chi connectivity index (χ1) is 5.77. The zero-order valence-electron chi connectivity index (χ0n) is 7.48. The molecule has 2 aliphatic heterocycles. The first-order valence-electron chi connectivity index (χ1n) is 4.69. The van der Waals surface area contributed by atoms with Crippen LogP contribution in [0.1, 0.15) is 19.8 Å². The van der Waals surface area contributed by atoms with Crippen molar-refractivity contribution < 1.29 is 4.74 Å². The zero-order chi connectivity index (χ0) is 8.60. The Kier molecular flexibility index (Phi) is 2.45. The molecule has 0 unspecified atom stereocenters. The quantitative estimate of drug-likeness (QED) is 0.695. The highest BCUT2D eigenvalue weighted by Crippen LogP contribution is 2.42. The number of hydrogen-bond acceptors (Lipinski definition) is 2. The molecule has 0 saturated carbocycles. The standard InChI is InChI=1S/C9H16BrNO/c1-7-4-9(5-10)6-11-3-2-8(9)12-7/h7-8,11H,2-6H2,1H3/t7-,8-,9-/m1/s1. The average Bonchev–Trinajstić information content (AvgIpc) is 2.41.